The number of allylic oxidation sites excluding steroid dienone is 1. The number of rotatable bonds is 7. The van der Waals surface area contributed by atoms with Gasteiger partial charge in [0.2, 0.25) is 0 Å². The highest BCUT2D eigenvalue weighted by atomic mass is 16.7. The molecule has 0 radical (unpaired) electrons. The van der Waals surface area contributed by atoms with Crippen molar-refractivity contribution >= 4 is 13.4 Å². The van der Waals surface area contributed by atoms with Crippen molar-refractivity contribution < 1.29 is 9.47 Å². The fraction of sp³-hybridized carbons (Fsp3) is 0.320. The van der Waals surface area contributed by atoms with E-state index < -0.39 is 0 Å². The third-order valence-corrected chi connectivity index (χ3v) is 5.14. The lowest BCUT2D eigenvalue weighted by molar-refractivity contribution is -0.0884. The third kappa shape index (κ3) is 6.44. The van der Waals surface area contributed by atoms with Gasteiger partial charge in [0.15, 0.2) is 6.29 Å². The molecule has 2 aromatic carbocycles. The lowest BCUT2D eigenvalue weighted by Crippen LogP contribution is -2.25. The van der Waals surface area contributed by atoms with Crippen molar-refractivity contribution in [1.82, 2.24) is 9.55 Å². The van der Waals surface area contributed by atoms with Crippen LogP contribution in [-0.4, -0.2) is 36.9 Å². The van der Waals surface area contributed by atoms with Crippen molar-refractivity contribution in [2.45, 2.75) is 32.5 Å². The van der Waals surface area contributed by atoms with Crippen molar-refractivity contribution in [2.75, 3.05) is 13.2 Å². The molecule has 3 aromatic rings. The Labute approximate surface area is 181 Å². The normalized spacial score (nSPS) is 14.6. The molecule has 0 bridgehead atoms. The molecule has 1 atom stereocenters. The van der Waals surface area contributed by atoms with Gasteiger partial charge in [0.25, 0.3) is 0 Å². The third-order valence-electron chi connectivity index (χ3n) is 5.14. The van der Waals surface area contributed by atoms with E-state index in [9.17, 15) is 0 Å². The highest BCUT2D eigenvalue weighted by Crippen LogP contribution is 2.23. The van der Waals surface area contributed by atoms with E-state index in [-0.39, 0.29) is 6.29 Å². The molecular weight excluding hydrogens is 371 g/mol. The van der Waals surface area contributed by atoms with Crippen LogP contribution in [0.2, 0.25) is 6.32 Å². The summed E-state index contributed by atoms with van der Waals surface area (Å²) in [5.74, 6) is 0.423. The molecule has 2 heterocycles. The molecule has 0 amide bonds. The average molecular weight is 402 g/mol. The van der Waals surface area contributed by atoms with Crippen LogP contribution in [0.5, 0.6) is 0 Å². The van der Waals surface area contributed by atoms with Crippen molar-refractivity contribution in [3.63, 3.8) is 0 Å². The summed E-state index contributed by atoms with van der Waals surface area (Å²) in [6.45, 7) is 4.53. The van der Waals surface area contributed by atoms with Crippen LogP contribution in [0.3, 0.4) is 0 Å². The molecule has 1 aromatic heterocycles. The number of nitrogens with zero attached hydrogens (tertiary/aromatic N) is 2. The molecule has 156 valence electrons. The second kappa shape index (κ2) is 12.2. The fourth-order valence-corrected chi connectivity index (χ4v) is 3.56. The number of imidazole rings is 1. The van der Waals surface area contributed by atoms with E-state index in [1.807, 2.05) is 12.5 Å². The van der Waals surface area contributed by atoms with Crippen LogP contribution in [0.25, 0.3) is 5.57 Å². The maximum absolute atomic E-state index is 5.50. The molecule has 1 saturated heterocycles. The molecule has 1 fully saturated rings. The summed E-state index contributed by atoms with van der Waals surface area (Å²) in [5.41, 5.74) is 3.90. The van der Waals surface area contributed by atoms with Crippen LogP contribution in [-0.2, 0) is 16.0 Å². The molecule has 0 saturated carbocycles. The largest absolute Gasteiger partial charge is 0.350 e. The van der Waals surface area contributed by atoms with Crippen LogP contribution in [0.4, 0.5) is 0 Å². The van der Waals surface area contributed by atoms with Crippen molar-refractivity contribution in [2.24, 2.45) is 5.92 Å². The van der Waals surface area contributed by atoms with Crippen molar-refractivity contribution in [3.05, 3.63) is 96.6 Å². The van der Waals surface area contributed by atoms with Gasteiger partial charge in [-0.2, -0.15) is 0 Å². The number of aromatic nitrogens is 2. The summed E-state index contributed by atoms with van der Waals surface area (Å²) in [6.07, 6.45) is 9.97. The Morgan fingerprint density at radius 1 is 1.07 bits per heavy atom. The fourth-order valence-electron chi connectivity index (χ4n) is 3.56. The van der Waals surface area contributed by atoms with Gasteiger partial charge in [-0.05, 0) is 23.1 Å². The zero-order valence-corrected chi connectivity index (χ0v) is 18.0. The van der Waals surface area contributed by atoms with Crippen LogP contribution < -0.4 is 0 Å². The zero-order valence-electron chi connectivity index (χ0n) is 18.0. The van der Waals surface area contributed by atoms with Gasteiger partial charge < -0.3 is 14.0 Å². The Kier molecular flexibility index (Phi) is 8.94. The number of benzene rings is 2. The first-order valence-electron chi connectivity index (χ1n) is 10.8. The van der Waals surface area contributed by atoms with Crippen LogP contribution in [0, 0.1) is 5.92 Å². The summed E-state index contributed by atoms with van der Waals surface area (Å²) in [6, 6.07) is 21.1. The lowest BCUT2D eigenvalue weighted by Gasteiger charge is -2.20. The van der Waals surface area contributed by atoms with E-state index in [2.05, 4.69) is 91.1 Å². The van der Waals surface area contributed by atoms with Gasteiger partial charge in [-0.15, -0.1) is 0 Å². The Balaban J connectivity index is 0.000000172. The maximum atomic E-state index is 5.50. The van der Waals surface area contributed by atoms with Crippen LogP contribution in [0.15, 0.2) is 85.5 Å². The summed E-state index contributed by atoms with van der Waals surface area (Å²) < 4.78 is 13.1. The minimum absolute atomic E-state index is 0.0256. The molecule has 1 aliphatic heterocycles. The van der Waals surface area contributed by atoms with Gasteiger partial charge in [0.05, 0.1) is 19.5 Å². The number of hydrogen-bond donors (Lipinski definition) is 0. The standard InChI is InChI=1S/C15H15B.C10H16N2O2/c16-12-11-15(13-7-3-1-4-8-13)14-9-5-2-6-10-14;1-2-9(10-13-5-6-14-10)7-12-4-3-11-8-12/h1-11H,12,16H2;3-4,8-10H,2,5-7H2,1H3. The molecule has 1 unspecified atom stereocenters. The molecule has 4 rings (SSSR count). The van der Waals surface area contributed by atoms with E-state index in [0.717, 1.165) is 32.5 Å². The van der Waals surface area contributed by atoms with Crippen molar-refractivity contribution in [3.8, 4) is 0 Å². The molecule has 5 heteroatoms. The Bertz CT molecular complexity index is 819. The molecule has 0 aliphatic carbocycles. The summed E-state index contributed by atoms with van der Waals surface area (Å²) >= 11 is 0. The maximum Gasteiger partial charge on any atom is 0.162 e. The SMILES string of the molecule is BCC=C(c1ccccc1)c1ccccc1.CCC(Cn1ccnc1)C1OCCO1. The van der Waals surface area contributed by atoms with Gasteiger partial charge in [-0.3, -0.25) is 0 Å². The van der Waals surface area contributed by atoms with E-state index >= 15 is 0 Å². The highest BCUT2D eigenvalue weighted by Gasteiger charge is 2.25. The van der Waals surface area contributed by atoms with Gasteiger partial charge in [-0.1, -0.05) is 80.0 Å². The first kappa shape index (κ1) is 22.1. The van der Waals surface area contributed by atoms with Crippen LogP contribution >= 0.6 is 0 Å². The van der Waals surface area contributed by atoms with E-state index in [1.54, 1.807) is 6.20 Å². The molecule has 0 N–H and O–H groups in total. The first-order chi connectivity index (χ1) is 14.8. The summed E-state index contributed by atoms with van der Waals surface area (Å²) in [7, 11) is 2.17. The number of hydrogen-bond acceptors (Lipinski definition) is 3. The minimum atomic E-state index is -0.0256. The first-order valence-corrected chi connectivity index (χ1v) is 10.8. The zero-order chi connectivity index (χ0) is 21.0. The molecule has 1 aliphatic rings. The average Bonchev–Trinajstić information content (AvgIpc) is 3.52. The Morgan fingerprint density at radius 2 is 1.67 bits per heavy atom. The van der Waals surface area contributed by atoms with Gasteiger partial charge in [0.1, 0.15) is 7.85 Å². The Hall–Kier alpha value is -2.63. The topological polar surface area (TPSA) is 36.3 Å². The smallest absolute Gasteiger partial charge is 0.162 e. The Morgan fingerprint density at radius 3 is 2.13 bits per heavy atom. The number of ether oxygens (including phenoxy) is 2. The molecule has 0 spiro atoms. The summed E-state index contributed by atoms with van der Waals surface area (Å²) in [4.78, 5) is 4.02. The second-order valence-electron chi connectivity index (χ2n) is 7.30. The second-order valence-corrected chi connectivity index (χ2v) is 7.30. The predicted molar refractivity (Wildman–Crippen MR) is 125 cm³/mol. The van der Waals surface area contributed by atoms with Gasteiger partial charge in [-0.25, -0.2) is 4.98 Å². The van der Waals surface area contributed by atoms with Gasteiger partial charge >= 0.3 is 0 Å². The van der Waals surface area contributed by atoms with E-state index in [0.29, 0.717) is 5.92 Å². The monoisotopic (exact) mass is 402 g/mol. The van der Waals surface area contributed by atoms with Crippen LogP contribution in [0.1, 0.15) is 24.5 Å². The van der Waals surface area contributed by atoms with E-state index in [4.69, 9.17) is 9.47 Å². The molecule has 30 heavy (non-hydrogen) atoms. The lowest BCUT2D eigenvalue weighted by atomic mass is 9.93. The highest BCUT2D eigenvalue weighted by molar-refractivity contribution is 6.10. The minimum Gasteiger partial charge on any atom is -0.350 e. The van der Waals surface area contributed by atoms with Crippen molar-refractivity contribution in [1.29, 1.82) is 0 Å². The molecular formula is C25H31BN2O2. The quantitative estimate of drug-likeness (QED) is 0.548. The van der Waals surface area contributed by atoms with Gasteiger partial charge in [0, 0.05) is 24.9 Å². The molecule has 4 nitrogen and oxygen atoms in total. The predicted octanol–water partition coefficient (Wildman–Crippen LogP) is 4.45. The van der Waals surface area contributed by atoms with E-state index in [1.165, 1.54) is 16.7 Å². The summed E-state index contributed by atoms with van der Waals surface area (Å²) in [5, 5.41) is 0.